The number of nitrogens with zero attached hydrogens (tertiary/aromatic N) is 2. The van der Waals surface area contributed by atoms with Gasteiger partial charge < -0.3 is 9.88 Å². The maximum absolute atomic E-state index is 14.0. The van der Waals surface area contributed by atoms with Crippen molar-refractivity contribution < 1.29 is 17.6 Å². The molecule has 1 aliphatic heterocycles. The third kappa shape index (κ3) is 3.61. The van der Waals surface area contributed by atoms with Gasteiger partial charge in [-0.25, -0.2) is 12.8 Å². The molecule has 1 unspecified atom stereocenters. The standard InChI is InChI=1S/C24H26FN3O3S/c1-16-6-8-21-18(14-16)19-15-17(7-9-22(19)26-21)24(29)27-10-12-28(13-11-27)32(30,31)23-5-3-2-4-20(23)25/h2-5,7,9,15-16,26H,6,8,10-14H2,1H3. The van der Waals surface area contributed by atoms with Crippen LogP contribution in [0.5, 0.6) is 0 Å². The topological polar surface area (TPSA) is 73.5 Å². The van der Waals surface area contributed by atoms with Crippen LogP contribution in [-0.2, 0) is 22.9 Å². The Hall–Kier alpha value is -2.71. The van der Waals surface area contributed by atoms with Crippen molar-refractivity contribution in [3.05, 3.63) is 65.1 Å². The lowest BCUT2D eigenvalue weighted by Gasteiger charge is -2.34. The number of aryl methyl sites for hydroxylation is 1. The SMILES string of the molecule is CC1CCc2[nH]c3ccc(C(=O)N4CCN(S(=O)(=O)c5ccccc5F)CC4)cc3c2C1. The number of H-pyrrole nitrogens is 1. The predicted molar refractivity (Wildman–Crippen MR) is 121 cm³/mol. The summed E-state index contributed by atoms with van der Waals surface area (Å²) >= 11 is 0. The molecule has 0 saturated carbocycles. The average molecular weight is 456 g/mol. The third-order valence-electron chi connectivity index (χ3n) is 6.66. The molecule has 5 rings (SSSR count). The fourth-order valence-corrected chi connectivity index (χ4v) is 6.32. The summed E-state index contributed by atoms with van der Waals surface area (Å²) in [6.07, 6.45) is 3.22. The largest absolute Gasteiger partial charge is 0.358 e. The highest BCUT2D eigenvalue weighted by Gasteiger charge is 2.32. The normalized spacial score (nSPS) is 19.8. The van der Waals surface area contributed by atoms with E-state index in [-0.39, 0.29) is 37.0 Å². The van der Waals surface area contributed by atoms with Gasteiger partial charge in [0.05, 0.1) is 0 Å². The molecule has 1 aromatic heterocycles. The van der Waals surface area contributed by atoms with Crippen LogP contribution in [0.3, 0.4) is 0 Å². The molecule has 2 aromatic carbocycles. The minimum Gasteiger partial charge on any atom is -0.358 e. The highest BCUT2D eigenvalue weighted by molar-refractivity contribution is 7.89. The molecule has 1 N–H and O–H groups in total. The molecule has 8 heteroatoms. The summed E-state index contributed by atoms with van der Waals surface area (Å²) in [6, 6.07) is 11.1. The molecule has 1 amide bonds. The van der Waals surface area contributed by atoms with Crippen molar-refractivity contribution in [2.24, 2.45) is 5.92 Å². The van der Waals surface area contributed by atoms with Crippen molar-refractivity contribution in [1.29, 1.82) is 0 Å². The fourth-order valence-electron chi connectivity index (χ4n) is 4.83. The molecular weight excluding hydrogens is 429 g/mol. The molecule has 0 spiro atoms. The first-order valence-corrected chi connectivity index (χ1v) is 12.5. The lowest BCUT2D eigenvalue weighted by atomic mass is 9.87. The van der Waals surface area contributed by atoms with Gasteiger partial charge in [-0.15, -0.1) is 0 Å². The first-order valence-electron chi connectivity index (χ1n) is 11.0. The molecule has 6 nitrogen and oxygen atoms in total. The summed E-state index contributed by atoms with van der Waals surface area (Å²) in [7, 11) is -3.93. The minimum atomic E-state index is -3.93. The summed E-state index contributed by atoms with van der Waals surface area (Å²) in [4.78, 5) is 18.0. The highest BCUT2D eigenvalue weighted by atomic mass is 32.2. The molecule has 32 heavy (non-hydrogen) atoms. The molecule has 168 valence electrons. The van der Waals surface area contributed by atoms with Gasteiger partial charge in [0.2, 0.25) is 10.0 Å². The van der Waals surface area contributed by atoms with E-state index >= 15 is 0 Å². The zero-order valence-corrected chi connectivity index (χ0v) is 18.8. The molecule has 2 heterocycles. The number of fused-ring (bicyclic) bond motifs is 3. The Balaban J connectivity index is 1.33. The lowest BCUT2D eigenvalue weighted by Crippen LogP contribution is -2.50. The fraction of sp³-hybridized carbons (Fsp3) is 0.375. The van der Waals surface area contributed by atoms with Crippen molar-refractivity contribution in [1.82, 2.24) is 14.2 Å². The van der Waals surface area contributed by atoms with Crippen LogP contribution in [0.1, 0.15) is 35.0 Å². The average Bonchev–Trinajstić information content (AvgIpc) is 3.16. The van der Waals surface area contributed by atoms with Crippen LogP contribution in [0.25, 0.3) is 10.9 Å². The van der Waals surface area contributed by atoms with E-state index in [9.17, 15) is 17.6 Å². The van der Waals surface area contributed by atoms with Crippen molar-refractivity contribution in [2.75, 3.05) is 26.2 Å². The molecule has 3 aromatic rings. The number of aromatic nitrogens is 1. The van der Waals surface area contributed by atoms with Gasteiger partial charge in [0.25, 0.3) is 5.91 Å². The Morgan fingerprint density at radius 2 is 1.84 bits per heavy atom. The summed E-state index contributed by atoms with van der Waals surface area (Å²) in [5, 5.41) is 1.11. The van der Waals surface area contributed by atoms with E-state index in [0.717, 1.165) is 29.8 Å². The van der Waals surface area contributed by atoms with Crippen molar-refractivity contribution in [3.63, 3.8) is 0 Å². The number of hydrogen-bond donors (Lipinski definition) is 1. The minimum absolute atomic E-state index is 0.103. The number of aromatic amines is 1. The van der Waals surface area contributed by atoms with Crippen LogP contribution in [0.4, 0.5) is 4.39 Å². The van der Waals surface area contributed by atoms with Crippen LogP contribution in [-0.4, -0.2) is 54.7 Å². The number of benzene rings is 2. The zero-order chi connectivity index (χ0) is 22.5. The number of carbonyl (C=O) groups is 1. The Morgan fingerprint density at radius 3 is 2.59 bits per heavy atom. The van der Waals surface area contributed by atoms with E-state index in [0.29, 0.717) is 11.5 Å². The molecule has 1 saturated heterocycles. The van der Waals surface area contributed by atoms with Gasteiger partial charge in [-0.1, -0.05) is 19.1 Å². The van der Waals surface area contributed by atoms with Crippen LogP contribution < -0.4 is 0 Å². The number of hydrogen-bond acceptors (Lipinski definition) is 3. The first-order chi connectivity index (χ1) is 15.3. The molecule has 0 radical (unpaired) electrons. The number of piperazine rings is 1. The van der Waals surface area contributed by atoms with Crippen molar-refractivity contribution >= 4 is 26.8 Å². The maximum atomic E-state index is 14.0. The second-order valence-electron chi connectivity index (χ2n) is 8.82. The Bertz CT molecular complexity index is 1290. The van der Waals surface area contributed by atoms with Gasteiger partial charge in [0.15, 0.2) is 0 Å². The summed E-state index contributed by atoms with van der Waals surface area (Å²) in [6.45, 7) is 3.08. The third-order valence-corrected chi connectivity index (χ3v) is 8.59. The zero-order valence-electron chi connectivity index (χ0n) is 18.0. The summed E-state index contributed by atoms with van der Waals surface area (Å²) in [5.74, 6) is -0.234. The van der Waals surface area contributed by atoms with E-state index in [1.54, 1.807) is 4.90 Å². The van der Waals surface area contributed by atoms with E-state index in [4.69, 9.17) is 0 Å². The number of sulfonamides is 1. The molecule has 2 aliphatic rings. The first kappa shape index (κ1) is 21.2. The maximum Gasteiger partial charge on any atom is 0.253 e. The molecule has 1 atom stereocenters. The van der Waals surface area contributed by atoms with Crippen molar-refractivity contribution in [2.45, 2.75) is 31.1 Å². The number of nitrogens with one attached hydrogen (secondary N) is 1. The van der Waals surface area contributed by atoms with E-state index in [2.05, 4.69) is 11.9 Å². The highest BCUT2D eigenvalue weighted by Crippen LogP contribution is 2.32. The number of amides is 1. The van der Waals surface area contributed by atoms with Gasteiger partial charge in [-0.2, -0.15) is 4.31 Å². The van der Waals surface area contributed by atoms with Gasteiger partial charge in [0.1, 0.15) is 10.7 Å². The number of halogens is 1. The molecule has 1 fully saturated rings. The Kier molecular flexibility index (Phi) is 5.29. The quantitative estimate of drug-likeness (QED) is 0.656. The Morgan fingerprint density at radius 1 is 1.09 bits per heavy atom. The van der Waals surface area contributed by atoms with Crippen LogP contribution in [0.2, 0.25) is 0 Å². The van der Waals surface area contributed by atoms with E-state index in [1.807, 2.05) is 18.2 Å². The predicted octanol–water partition coefficient (Wildman–Crippen LogP) is 3.58. The van der Waals surface area contributed by atoms with Crippen LogP contribution >= 0.6 is 0 Å². The van der Waals surface area contributed by atoms with Crippen LogP contribution in [0.15, 0.2) is 47.4 Å². The summed E-state index contributed by atoms with van der Waals surface area (Å²) in [5.41, 5.74) is 4.26. The van der Waals surface area contributed by atoms with E-state index < -0.39 is 15.8 Å². The lowest BCUT2D eigenvalue weighted by molar-refractivity contribution is 0.0698. The van der Waals surface area contributed by atoms with Gasteiger partial charge in [-0.05, 0) is 61.1 Å². The summed E-state index contributed by atoms with van der Waals surface area (Å²) < 4.78 is 40.9. The second kappa shape index (κ2) is 8.01. The van der Waals surface area contributed by atoms with Crippen molar-refractivity contribution in [3.8, 4) is 0 Å². The van der Waals surface area contributed by atoms with E-state index in [1.165, 1.54) is 40.2 Å². The second-order valence-corrected chi connectivity index (χ2v) is 10.7. The smallest absolute Gasteiger partial charge is 0.253 e. The monoisotopic (exact) mass is 455 g/mol. The number of rotatable bonds is 3. The molecular formula is C24H26FN3O3S. The number of carbonyl (C=O) groups excluding carboxylic acids is 1. The molecule has 0 bridgehead atoms. The van der Waals surface area contributed by atoms with Gasteiger partial charge in [0, 0.05) is 48.3 Å². The Labute approximate surface area is 187 Å². The van der Waals surface area contributed by atoms with Crippen LogP contribution in [0, 0.1) is 11.7 Å². The molecule has 1 aliphatic carbocycles. The van der Waals surface area contributed by atoms with Gasteiger partial charge in [-0.3, -0.25) is 4.79 Å². The van der Waals surface area contributed by atoms with Gasteiger partial charge >= 0.3 is 0 Å².